The zero-order valence-corrected chi connectivity index (χ0v) is 10.5. The Labute approximate surface area is 97.9 Å². The van der Waals surface area contributed by atoms with Crippen molar-refractivity contribution >= 4 is 10.0 Å². The van der Waals surface area contributed by atoms with Gasteiger partial charge in [0, 0.05) is 13.1 Å². The molecule has 16 heavy (non-hydrogen) atoms. The first kappa shape index (κ1) is 11.9. The molecule has 3 nitrogen and oxygen atoms in total. The third-order valence-electron chi connectivity index (χ3n) is 3.39. The van der Waals surface area contributed by atoms with E-state index in [-0.39, 0.29) is 0 Å². The van der Waals surface area contributed by atoms with Gasteiger partial charge >= 0.3 is 0 Å². The third-order valence-corrected chi connectivity index (χ3v) is 5.44. The minimum absolute atomic E-state index is 0.588. The van der Waals surface area contributed by atoms with Gasteiger partial charge in [-0.25, -0.2) is 8.42 Å². The summed E-state index contributed by atoms with van der Waals surface area (Å²) in [6.07, 6.45) is 9.09. The Morgan fingerprint density at radius 3 is 2.56 bits per heavy atom. The van der Waals surface area contributed by atoms with E-state index >= 15 is 0 Å². The van der Waals surface area contributed by atoms with E-state index in [1.54, 1.807) is 10.4 Å². The molecule has 4 heteroatoms. The Hall–Kier alpha value is -0.610. The zero-order valence-electron chi connectivity index (χ0n) is 9.72. The van der Waals surface area contributed by atoms with Crippen LogP contribution in [0.1, 0.15) is 32.6 Å². The summed E-state index contributed by atoms with van der Waals surface area (Å²) in [5.41, 5.74) is 0. The second-order valence-corrected chi connectivity index (χ2v) is 6.68. The molecule has 0 atom stereocenters. The SMILES string of the molecule is CC1CCN(S(=O)(=O)C2=CC=CCC2)CC1. The Morgan fingerprint density at radius 2 is 2.00 bits per heavy atom. The van der Waals surface area contributed by atoms with Crippen molar-refractivity contribution in [2.24, 2.45) is 5.92 Å². The van der Waals surface area contributed by atoms with Crippen molar-refractivity contribution in [1.29, 1.82) is 0 Å². The standard InChI is InChI=1S/C12H19NO2S/c1-11-7-9-13(10-8-11)16(14,15)12-5-3-2-4-6-12/h2-3,5,11H,4,6-10H2,1H3. The minimum atomic E-state index is -3.17. The molecule has 0 radical (unpaired) electrons. The van der Waals surface area contributed by atoms with E-state index in [1.165, 1.54) is 0 Å². The van der Waals surface area contributed by atoms with Crippen molar-refractivity contribution in [2.75, 3.05) is 13.1 Å². The van der Waals surface area contributed by atoms with E-state index in [2.05, 4.69) is 6.92 Å². The van der Waals surface area contributed by atoms with Gasteiger partial charge in [-0.3, -0.25) is 0 Å². The van der Waals surface area contributed by atoms with Gasteiger partial charge in [-0.05, 0) is 37.7 Å². The Kier molecular flexibility index (Phi) is 3.50. The zero-order chi connectivity index (χ0) is 11.6. The van der Waals surface area contributed by atoms with Crippen LogP contribution in [0.3, 0.4) is 0 Å². The van der Waals surface area contributed by atoms with Crippen LogP contribution in [-0.4, -0.2) is 25.8 Å². The molecule has 0 saturated carbocycles. The highest BCUT2D eigenvalue weighted by atomic mass is 32.2. The normalized spacial score (nSPS) is 24.4. The van der Waals surface area contributed by atoms with Crippen molar-refractivity contribution in [3.8, 4) is 0 Å². The molecule has 0 unspecified atom stereocenters. The van der Waals surface area contributed by atoms with Gasteiger partial charge in [-0.2, -0.15) is 4.31 Å². The molecule has 0 aromatic heterocycles. The molecule has 1 saturated heterocycles. The van der Waals surface area contributed by atoms with Crippen LogP contribution in [-0.2, 0) is 10.0 Å². The molecule has 0 spiro atoms. The van der Waals surface area contributed by atoms with Crippen molar-refractivity contribution in [3.05, 3.63) is 23.1 Å². The molecule has 1 heterocycles. The van der Waals surface area contributed by atoms with E-state index in [0.717, 1.165) is 19.3 Å². The van der Waals surface area contributed by atoms with E-state index in [4.69, 9.17) is 0 Å². The summed E-state index contributed by atoms with van der Waals surface area (Å²) >= 11 is 0. The van der Waals surface area contributed by atoms with Crippen LogP contribution in [0.5, 0.6) is 0 Å². The van der Waals surface area contributed by atoms with Gasteiger partial charge in [0.15, 0.2) is 0 Å². The number of hydrogen-bond donors (Lipinski definition) is 0. The van der Waals surface area contributed by atoms with Crippen molar-refractivity contribution in [3.63, 3.8) is 0 Å². The van der Waals surface area contributed by atoms with Crippen LogP contribution >= 0.6 is 0 Å². The van der Waals surface area contributed by atoms with Crippen LogP contribution in [0, 0.1) is 5.92 Å². The van der Waals surface area contributed by atoms with Crippen molar-refractivity contribution < 1.29 is 8.42 Å². The van der Waals surface area contributed by atoms with Crippen molar-refractivity contribution in [1.82, 2.24) is 4.31 Å². The van der Waals surface area contributed by atoms with Gasteiger partial charge in [0.2, 0.25) is 10.0 Å². The Bertz CT molecular complexity index is 401. The number of allylic oxidation sites excluding steroid dienone is 4. The fraction of sp³-hybridized carbons (Fsp3) is 0.667. The number of piperidine rings is 1. The molecule has 0 aromatic carbocycles. The summed E-state index contributed by atoms with van der Waals surface area (Å²) in [6, 6.07) is 0. The molecule has 0 bridgehead atoms. The molecule has 0 N–H and O–H groups in total. The van der Waals surface area contributed by atoms with Gasteiger partial charge in [-0.1, -0.05) is 19.1 Å². The lowest BCUT2D eigenvalue weighted by molar-refractivity contribution is 0.289. The molecule has 0 aromatic rings. The number of nitrogens with zero attached hydrogens (tertiary/aromatic N) is 1. The largest absolute Gasteiger partial charge is 0.239 e. The first-order chi connectivity index (χ1) is 7.60. The van der Waals surface area contributed by atoms with E-state index in [1.807, 2.05) is 12.2 Å². The van der Waals surface area contributed by atoms with E-state index in [9.17, 15) is 8.42 Å². The van der Waals surface area contributed by atoms with Gasteiger partial charge in [0.1, 0.15) is 0 Å². The summed E-state index contributed by atoms with van der Waals surface area (Å²) in [5, 5.41) is 0. The fourth-order valence-electron chi connectivity index (χ4n) is 2.19. The van der Waals surface area contributed by atoms with E-state index < -0.39 is 10.0 Å². The predicted molar refractivity (Wildman–Crippen MR) is 65.3 cm³/mol. The highest BCUT2D eigenvalue weighted by Crippen LogP contribution is 2.26. The van der Waals surface area contributed by atoms with Crippen molar-refractivity contribution in [2.45, 2.75) is 32.6 Å². The van der Waals surface area contributed by atoms with Crippen LogP contribution < -0.4 is 0 Å². The maximum absolute atomic E-state index is 12.3. The molecule has 2 rings (SSSR count). The van der Waals surface area contributed by atoms with Crippen LogP contribution in [0.15, 0.2) is 23.1 Å². The second kappa shape index (κ2) is 4.72. The van der Waals surface area contributed by atoms with Crippen LogP contribution in [0.25, 0.3) is 0 Å². The summed E-state index contributed by atoms with van der Waals surface area (Å²) < 4.78 is 26.2. The number of sulfonamides is 1. The van der Waals surface area contributed by atoms with Gasteiger partial charge < -0.3 is 0 Å². The topological polar surface area (TPSA) is 37.4 Å². The lowest BCUT2D eigenvalue weighted by atomic mass is 10.0. The second-order valence-electron chi connectivity index (χ2n) is 4.69. The molecule has 90 valence electrons. The number of hydrogen-bond acceptors (Lipinski definition) is 2. The summed E-state index contributed by atoms with van der Waals surface area (Å²) in [5.74, 6) is 0.659. The first-order valence-corrected chi connectivity index (χ1v) is 7.40. The number of rotatable bonds is 2. The maximum Gasteiger partial charge on any atom is 0.239 e. The molecular formula is C12H19NO2S. The average Bonchev–Trinajstić information content (AvgIpc) is 2.31. The lowest BCUT2D eigenvalue weighted by Crippen LogP contribution is -2.38. The minimum Gasteiger partial charge on any atom is -0.207 e. The highest BCUT2D eigenvalue weighted by molar-refractivity contribution is 7.93. The first-order valence-electron chi connectivity index (χ1n) is 5.96. The monoisotopic (exact) mass is 241 g/mol. The van der Waals surface area contributed by atoms with Gasteiger partial charge in [0.05, 0.1) is 4.91 Å². The van der Waals surface area contributed by atoms with Gasteiger partial charge in [-0.15, -0.1) is 0 Å². The molecule has 2 aliphatic rings. The lowest BCUT2D eigenvalue weighted by Gasteiger charge is -2.30. The highest BCUT2D eigenvalue weighted by Gasteiger charge is 2.29. The van der Waals surface area contributed by atoms with Gasteiger partial charge in [0.25, 0.3) is 0 Å². The summed E-state index contributed by atoms with van der Waals surface area (Å²) in [6.45, 7) is 3.56. The van der Waals surface area contributed by atoms with E-state index in [0.29, 0.717) is 30.3 Å². The quantitative estimate of drug-likeness (QED) is 0.744. The summed E-state index contributed by atoms with van der Waals surface area (Å²) in [4.78, 5) is 0.588. The molecule has 1 fully saturated rings. The van der Waals surface area contributed by atoms with Crippen LogP contribution in [0.4, 0.5) is 0 Å². The smallest absolute Gasteiger partial charge is 0.207 e. The molecule has 1 aliphatic heterocycles. The summed E-state index contributed by atoms with van der Waals surface area (Å²) in [7, 11) is -3.17. The predicted octanol–water partition coefficient (Wildman–Crippen LogP) is 2.28. The average molecular weight is 241 g/mol. The maximum atomic E-state index is 12.3. The fourth-order valence-corrected chi connectivity index (χ4v) is 3.84. The molecule has 1 aliphatic carbocycles. The van der Waals surface area contributed by atoms with Crippen LogP contribution in [0.2, 0.25) is 0 Å². The molecule has 0 amide bonds. The third kappa shape index (κ3) is 2.38. The molecular weight excluding hydrogens is 222 g/mol. The Balaban J connectivity index is 2.13. The Morgan fingerprint density at radius 1 is 1.31 bits per heavy atom.